The van der Waals surface area contributed by atoms with E-state index in [0.717, 1.165) is 11.3 Å². The monoisotopic (exact) mass is 683 g/mol. The van der Waals surface area contributed by atoms with Crippen molar-refractivity contribution in [3.63, 3.8) is 0 Å². The number of halogens is 1. The lowest BCUT2D eigenvalue weighted by atomic mass is 9.93. The molecule has 0 bridgehead atoms. The number of rotatable bonds is 7. The van der Waals surface area contributed by atoms with Gasteiger partial charge in [-0.05, 0) is 64.9 Å². The third kappa shape index (κ3) is 5.39. The number of aromatic nitrogens is 1. The molecule has 1 aliphatic heterocycles. The van der Waals surface area contributed by atoms with Crippen LogP contribution in [0.15, 0.2) is 82.1 Å². The molecule has 5 rings (SSSR count). The Balaban J connectivity index is 1.83. The van der Waals surface area contributed by atoms with Gasteiger partial charge in [0.05, 0.1) is 44.1 Å². The summed E-state index contributed by atoms with van der Waals surface area (Å²) in [4.78, 5) is 43.4. The van der Waals surface area contributed by atoms with E-state index in [1.807, 2.05) is 30.3 Å². The Morgan fingerprint density at radius 2 is 1.95 bits per heavy atom. The number of fused-ring (bicyclic) bond motifs is 1. The molecule has 10 nitrogen and oxygen atoms in total. The van der Waals surface area contributed by atoms with Gasteiger partial charge in [0.15, 0.2) is 4.80 Å². The molecular weight excluding hydrogens is 661 g/mol. The van der Waals surface area contributed by atoms with E-state index in [0.29, 0.717) is 32.9 Å². The third-order valence-corrected chi connectivity index (χ3v) is 8.15. The number of phenols is 1. The first kappa shape index (κ1) is 28.2. The molecule has 12 heteroatoms. The molecular formula is C29H22IN3O7S. The van der Waals surface area contributed by atoms with Crippen LogP contribution in [0.25, 0.3) is 11.8 Å². The van der Waals surface area contributed by atoms with E-state index in [2.05, 4.69) is 0 Å². The van der Waals surface area contributed by atoms with Crippen molar-refractivity contribution in [2.45, 2.75) is 13.0 Å². The Morgan fingerprint density at radius 3 is 2.63 bits per heavy atom. The van der Waals surface area contributed by atoms with Gasteiger partial charge >= 0.3 is 11.7 Å². The predicted molar refractivity (Wildman–Crippen MR) is 162 cm³/mol. The van der Waals surface area contributed by atoms with Crippen LogP contribution in [-0.2, 0) is 9.53 Å². The van der Waals surface area contributed by atoms with Crippen molar-refractivity contribution in [1.82, 2.24) is 4.57 Å². The second-order valence-electron chi connectivity index (χ2n) is 8.84. The van der Waals surface area contributed by atoms with Gasteiger partial charge < -0.3 is 14.6 Å². The van der Waals surface area contributed by atoms with E-state index in [1.165, 1.54) is 23.8 Å². The van der Waals surface area contributed by atoms with Crippen molar-refractivity contribution >= 4 is 57.4 Å². The molecule has 1 atom stereocenters. The molecule has 1 aromatic heterocycles. The fraction of sp³-hybridized carbons (Fsp3) is 0.138. The van der Waals surface area contributed by atoms with Crippen LogP contribution in [0, 0.1) is 13.7 Å². The molecule has 2 heterocycles. The van der Waals surface area contributed by atoms with Crippen molar-refractivity contribution in [3.05, 3.63) is 122 Å². The van der Waals surface area contributed by atoms with Gasteiger partial charge in [0.1, 0.15) is 5.75 Å². The highest BCUT2D eigenvalue weighted by Gasteiger charge is 2.35. The SMILES string of the molecule is CCOC(=O)C1=C(c2ccccc2)N=c2s/c(=C\c3cc(I)c(O)c([N+](=O)[O-])c3)c(=O)n2[C@@H]1c1cccc(OC)c1. The molecule has 0 aliphatic carbocycles. The fourth-order valence-electron chi connectivity index (χ4n) is 4.55. The van der Waals surface area contributed by atoms with Gasteiger partial charge in [0.25, 0.3) is 5.56 Å². The fourth-order valence-corrected chi connectivity index (χ4v) is 6.18. The highest BCUT2D eigenvalue weighted by molar-refractivity contribution is 14.1. The number of thiazole rings is 1. The van der Waals surface area contributed by atoms with Crippen molar-refractivity contribution in [1.29, 1.82) is 0 Å². The van der Waals surface area contributed by atoms with E-state index in [-0.39, 0.29) is 20.3 Å². The number of carbonyl (C=O) groups is 1. The zero-order valence-electron chi connectivity index (χ0n) is 21.7. The largest absolute Gasteiger partial charge is 0.501 e. The summed E-state index contributed by atoms with van der Waals surface area (Å²) in [5, 5.41) is 21.6. The number of benzene rings is 3. The summed E-state index contributed by atoms with van der Waals surface area (Å²) in [5.74, 6) is -0.517. The number of nitro groups is 1. The van der Waals surface area contributed by atoms with Gasteiger partial charge in [-0.25, -0.2) is 9.79 Å². The number of ether oxygens (including phenoxy) is 2. The first-order valence-corrected chi connectivity index (χ1v) is 14.2. The van der Waals surface area contributed by atoms with Crippen molar-refractivity contribution < 1.29 is 24.3 Å². The topological polar surface area (TPSA) is 133 Å². The first-order chi connectivity index (χ1) is 19.7. The van der Waals surface area contributed by atoms with Crippen molar-refractivity contribution in [3.8, 4) is 11.5 Å². The third-order valence-electron chi connectivity index (χ3n) is 6.34. The lowest BCUT2D eigenvalue weighted by Crippen LogP contribution is -2.40. The Bertz CT molecular complexity index is 1900. The summed E-state index contributed by atoms with van der Waals surface area (Å²) in [6.07, 6.45) is 1.51. The van der Waals surface area contributed by atoms with E-state index >= 15 is 0 Å². The minimum atomic E-state index is -0.896. The molecule has 0 radical (unpaired) electrons. The molecule has 0 unspecified atom stereocenters. The molecule has 1 N–H and O–H groups in total. The lowest BCUT2D eigenvalue weighted by molar-refractivity contribution is -0.386. The number of phenolic OH excluding ortho intramolecular Hbond substituents is 1. The van der Waals surface area contributed by atoms with Crippen LogP contribution in [0.1, 0.15) is 29.7 Å². The van der Waals surface area contributed by atoms with Gasteiger partial charge in [-0.15, -0.1) is 0 Å². The second kappa shape index (κ2) is 11.7. The Hall–Kier alpha value is -4.30. The van der Waals surface area contributed by atoms with Crippen LogP contribution in [-0.4, -0.2) is 34.3 Å². The Labute approximate surface area is 250 Å². The van der Waals surface area contributed by atoms with Gasteiger partial charge in [-0.3, -0.25) is 19.5 Å². The number of esters is 1. The molecule has 0 spiro atoms. The molecule has 3 aromatic carbocycles. The summed E-state index contributed by atoms with van der Waals surface area (Å²) in [6, 6.07) is 18.1. The maximum absolute atomic E-state index is 14.0. The maximum Gasteiger partial charge on any atom is 0.338 e. The van der Waals surface area contributed by atoms with Crippen LogP contribution in [0.3, 0.4) is 0 Å². The van der Waals surface area contributed by atoms with Crippen LogP contribution in [0.5, 0.6) is 11.5 Å². The summed E-state index contributed by atoms with van der Waals surface area (Å²) in [6.45, 7) is 1.83. The van der Waals surface area contributed by atoms with Crippen LogP contribution < -0.4 is 19.6 Å². The molecule has 1 aliphatic rings. The maximum atomic E-state index is 14.0. The standard InChI is InChI=1S/C29H22IN3O7S/c1-3-40-28(36)23-24(17-8-5-4-6-9-17)31-29-32(25(23)18-10-7-11-19(15-18)39-2)27(35)22(41-29)14-16-12-20(30)26(34)21(13-16)33(37)38/h4-15,25,34H,3H2,1-2H3/b22-14-/t25-/m1/s1. The number of nitro benzene ring substituents is 1. The number of hydrogen-bond acceptors (Lipinski definition) is 9. The van der Waals surface area contributed by atoms with Gasteiger partial charge in [0.2, 0.25) is 5.75 Å². The van der Waals surface area contributed by atoms with E-state index in [4.69, 9.17) is 14.5 Å². The summed E-state index contributed by atoms with van der Waals surface area (Å²) < 4.78 is 12.8. The first-order valence-electron chi connectivity index (χ1n) is 12.3. The smallest absolute Gasteiger partial charge is 0.338 e. The zero-order valence-corrected chi connectivity index (χ0v) is 24.7. The van der Waals surface area contributed by atoms with E-state index < -0.39 is 33.9 Å². The quantitative estimate of drug-likeness (QED) is 0.134. The number of aromatic hydroxyl groups is 1. The van der Waals surface area contributed by atoms with Gasteiger partial charge in [-0.2, -0.15) is 0 Å². The average Bonchev–Trinajstić information content (AvgIpc) is 3.28. The lowest BCUT2D eigenvalue weighted by Gasteiger charge is -2.26. The van der Waals surface area contributed by atoms with Gasteiger partial charge in [0, 0.05) is 11.6 Å². The summed E-state index contributed by atoms with van der Waals surface area (Å²) in [5.41, 5.74) is 1.29. The highest BCUT2D eigenvalue weighted by atomic mass is 127. The molecule has 208 valence electrons. The van der Waals surface area contributed by atoms with Crippen LogP contribution in [0.4, 0.5) is 5.69 Å². The molecule has 4 aromatic rings. The molecule has 0 saturated carbocycles. The van der Waals surface area contributed by atoms with Crippen LogP contribution >= 0.6 is 33.9 Å². The molecule has 0 amide bonds. The second-order valence-corrected chi connectivity index (χ2v) is 11.0. The van der Waals surface area contributed by atoms with Gasteiger partial charge in [-0.1, -0.05) is 53.8 Å². The minimum Gasteiger partial charge on any atom is -0.501 e. The minimum absolute atomic E-state index is 0.123. The number of hydrogen-bond donors (Lipinski definition) is 1. The van der Waals surface area contributed by atoms with Crippen molar-refractivity contribution in [2.24, 2.45) is 4.99 Å². The van der Waals surface area contributed by atoms with E-state index in [9.17, 15) is 24.8 Å². The average molecular weight is 683 g/mol. The number of methoxy groups -OCH3 is 1. The number of nitrogens with zero attached hydrogens (tertiary/aromatic N) is 3. The van der Waals surface area contributed by atoms with E-state index in [1.54, 1.807) is 59.8 Å². The molecule has 0 saturated heterocycles. The molecule has 41 heavy (non-hydrogen) atoms. The summed E-state index contributed by atoms with van der Waals surface area (Å²) in [7, 11) is 1.53. The zero-order chi connectivity index (χ0) is 29.3. The Morgan fingerprint density at radius 1 is 1.20 bits per heavy atom. The highest BCUT2D eigenvalue weighted by Crippen LogP contribution is 2.36. The number of carbonyl (C=O) groups excluding carboxylic acids is 1. The van der Waals surface area contributed by atoms with Crippen molar-refractivity contribution in [2.75, 3.05) is 13.7 Å². The molecule has 0 fully saturated rings. The predicted octanol–water partition coefficient (Wildman–Crippen LogP) is 4.16. The summed E-state index contributed by atoms with van der Waals surface area (Å²) >= 11 is 2.89. The Kier molecular flexibility index (Phi) is 8.03. The normalized spacial score (nSPS) is 14.8. The van der Waals surface area contributed by atoms with Crippen LogP contribution in [0.2, 0.25) is 0 Å².